The van der Waals surface area contributed by atoms with Gasteiger partial charge in [0.05, 0.1) is 33.7 Å². The van der Waals surface area contributed by atoms with Crippen molar-refractivity contribution in [2.24, 2.45) is 23.7 Å². The van der Waals surface area contributed by atoms with Gasteiger partial charge in [0.25, 0.3) is 11.8 Å². The van der Waals surface area contributed by atoms with Gasteiger partial charge in [-0.25, -0.2) is 4.79 Å². The third kappa shape index (κ3) is 4.05. The minimum absolute atomic E-state index is 0.108. The lowest BCUT2D eigenvalue weighted by atomic mass is 9.82. The Balaban J connectivity index is 1.15. The van der Waals surface area contributed by atoms with Crippen molar-refractivity contribution in [1.29, 1.82) is 0 Å². The summed E-state index contributed by atoms with van der Waals surface area (Å²) >= 11 is 5.93. The predicted octanol–water partition coefficient (Wildman–Crippen LogP) is 2.66. The first kappa shape index (κ1) is 23.7. The summed E-state index contributed by atoms with van der Waals surface area (Å²) in [5.74, 6) is -2.94. The number of esters is 1. The second-order valence-electron chi connectivity index (χ2n) is 9.09. The molecule has 1 aliphatic heterocycles. The zero-order chi connectivity index (χ0) is 25.6. The minimum Gasteiger partial charge on any atom is -0.452 e. The van der Waals surface area contributed by atoms with E-state index in [0.717, 1.165) is 6.42 Å². The van der Waals surface area contributed by atoms with Crippen molar-refractivity contribution < 1.29 is 28.7 Å². The Bertz CT molecular complexity index is 1320. The van der Waals surface area contributed by atoms with Crippen LogP contribution in [0.1, 0.15) is 34.1 Å². The highest BCUT2D eigenvalue weighted by atomic mass is 35.5. The van der Waals surface area contributed by atoms with Crippen LogP contribution >= 0.6 is 11.6 Å². The third-order valence-electron chi connectivity index (χ3n) is 7.01. The normalized spacial score (nSPS) is 23.8. The molecule has 0 unspecified atom stereocenters. The fourth-order valence-corrected chi connectivity index (χ4v) is 5.59. The second-order valence-corrected chi connectivity index (χ2v) is 9.49. The molecule has 2 aliphatic carbocycles. The van der Waals surface area contributed by atoms with Crippen molar-refractivity contribution in [3.05, 3.63) is 76.3 Å². The molecule has 1 saturated carbocycles. The number of nitrogens with one attached hydrogen (secondary N) is 2. The number of fused-ring (bicyclic) bond motifs is 5. The monoisotopic (exact) mass is 507 g/mol. The molecule has 0 spiro atoms. The molecule has 3 aliphatic rings. The molecule has 2 aromatic rings. The predicted molar refractivity (Wildman–Crippen MR) is 129 cm³/mol. The first-order valence-corrected chi connectivity index (χ1v) is 11.8. The van der Waals surface area contributed by atoms with E-state index < -0.39 is 24.4 Å². The van der Waals surface area contributed by atoms with Gasteiger partial charge in [-0.05, 0) is 61.6 Å². The van der Waals surface area contributed by atoms with Crippen molar-refractivity contribution in [3.8, 4) is 0 Å². The lowest BCUT2D eigenvalue weighted by Crippen LogP contribution is -2.43. The molecule has 184 valence electrons. The molecule has 2 bridgehead atoms. The smallest absolute Gasteiger partial charge is 0.338 e. The molecule has 4 atom stereocenters. The summed E-state index contributed by atoms with van der Waals surface area (Å²) in [4.78, 5) is 63.6. The van der Waals surface area contributed by atoms with Crippen molar-refractivity contribution in [1.82, 2.24) is 10.9 Å². The average molecular weight is 508 g/mol. The van der Waals surface area contributed by atoms with Gasteiger partial charge >= 0.3 is 5.97 Å². The summed E-state index contributed by atoms with van der Waals surface area (Å²) in [5.41, 5.74) is 6.23. The zero-order valence-corrected chi connectivity index (χ0v) is 20.0. The highest BCUT2D eigenvalue weighted by Gasteiger charge is 2.60. The van der Waals surface area contributed by atoms with Crippen LogP contribution < -0.4 is 15.8 Å². The second kappa shape index (κ2) is 9.23. The largest absolute Gasteiger partial charge is 0.452 e. The minimum atomic E-state index is -0.775. The van der Waals surface area contributed by atoms with E-state index in [1.807, 2.05) is 6.92 Å². The van der Waals surface area contributed by atoms with Crippen molar-refractivity contribution in [2.75, 3.05) is 11.5 Å². The number of hydrogen-bond donors (Lipinski definition) is 2. The van der Waals surface area contributed by atoms with Crippen molar-refractivity contribution >= 4 is 46.9 Å². The average Bonchev–Trinajstić information content (AvgIpc) is 3.51. The molecule has 2 aromatic carbocycles. The zero-order valence-electron chi connectivity index (χ0n) is 19.2. The first-order valence-electron chi connectivity index (χ1n) is 11.4. The number of carbonyl (C=O) groups excluding carboxylic acids is 5. The molecule has 0 radical (unpaired) electrons. The van der Waals surface area contributed by atoms with E-state index >= 15 is 0 Å². The number of carbonyl (C=O) groups is 5. The number of hydrogen-bond acceptors (Lipinski definition) is 6. The van der Waals surface area contributed by atoms with Gasteiger partial charge in [0.1, 0.15) is 0 Å². The third-order valence-corrected chi connectivity index (χ3v) is 7.34. The van der Waals surface area contributed by atoms with E-state index in [4.69, 9.17) is 16.3 Å². The molecule has 10 heteroatoms. The standard InChI is InChI=1S/C26H22ClN3O6/c1-13-10-15-11-18(13)22-21(15)24(33)30(25(22)34)16-8-6-14(7-9-16)26(35)36-12-20(31)28-29-23(32)17-4-2-3-5-19(17)27/h2-10,15,18,21-22H,11-12H2,1H3,(H,28,31)(H,29,32)/t15-,18+,21+,22-/m0/s1. The number of halogens is 1. The van der Waals surface area contributed by atoms with Gasteiger partial charge in [0.15, 0.2) is 6.61 Å². The van der Waals surface area contributed by atoms with Gasteiger partial charge in [-0.3, -0.25) is 34.9 Å². The Hall–Kier alpha value is -3.98. The SMILES string of the molecule is CC1=C[C@H]2C[C@H]1[C@@H]1C(=O)N(c3ccc(C(=O)OCC(=O)NNC(=O)c4ccccc4Cl)cc3)C(=O)[C@@H]12. The van der Waals surface area contributed by atoms with Crippen molar-refractivity contribution in [3.63, 3.8) is 0 Å². The van der Waals surface area contributed by atoms with Crippen LogP contribution in [0.15, 0.2) is 60.2 Å². The number of benzene rings is 2. The summed E-state index contributed by atoms with van der Waals surface area (Å²) in [7, 11) is 0. The highest BCUT2D eigenvalue weighted by molar-refractivity contribution is 6.33. The topological polar surface area (TPSA) is 122 Å². The van der Waals surface area contributed by atoms with E-state index in [0.29, 0.717) is 5.69 Å². The maximum absolute atomic E-state index is 13.1. The van der Waals surface area contributed by atoms with Crippen LogP contribution in [0.25, 0.3) is 0 Å². The number of anilines is 1. The molecule has 5 rings (SSSR count). The molecule has 2 fully saturated rings. The van der Waals surface area contributed by atoms with Crippen LogP contribution in [0.2, 0.25) is 5.02 Å². The van der Waals surface area contributed by atoms with Crippen molar-refractivity contribution in [2.45, 2.75) is 13.3 Å². The summed E-state index contributed by atoms with van der Waals surface area (Å²) in [5, 5.41) is 0.221. The van der Waals surface area contributed by atoms with E-state index in [2.05, 4.69) is 16.9 Å². The Morgan fingerprint density at radius 3 is 2.42 bits per heavy atom. The Morgan fingerprint density at radius 1 is 1.00 bits per heavy atom. The van der Waals surface area contributed by atoms with Gasteiger partial charge in [-0.1, -0.05) is 35.4 Å². The van der Waals surface area contributed by atoms with E-state index in [9.17, 15) is 24.0 Å². The number of allylic oxidation sites excluding steroid dienone is 2. The van der Waals surface area contributed by atoms with Crippen LogP contribution in [0.4, 0.5) is 5.69 Å². The Labute approximate surface area is 211 Å². The number of imide groups is 1. The highest BCUT2D eigenvalue weighted by Crippen LogP contribution is 2.55. The van der Waals surface area contributed by atoms with Gasteiger partial charge in [-0.2, -0.15) is 0 Å². The number of rotatable bonds is 5. The molecule has 1 heterocycles. The Morgan fingerprint density at radius 2 is 1.69 bits per heavy atom. The van der Waals surface area contributed by atoms with Crippen LogP contribution in [0, 0.1) is 23.7 Å². The van der Waals surface area contributed by atoms with Gasteiger partial charge in [0, 0.05) is 0 Å². The molecule has 36 heavy (non-hydrogen) atoms. The Kier molecular flexibility index (Phi) is 6.09. The summed E-state index contributed by atoms with van der Waals surface area (Å²) < 4.78 is 4.99. The molecule has 4 amide bonds. The molecule has 9 nitrogen and oxygen atoms in total. The lowest BCUT2D eigenvalue weighted by molar-refractivity contribution is -0.125. The van der Waals surface area contributed by atoms with Crippen LogP contribution in [-0.2, 0) is 19.1 Å². The van der Waals surface area contributed by atoms with E-state index in [1.165, 1.54) is 46.9 Å². The molecule has 1 saturated heterocycles. The molecule has 2 N–H and O–H groups in total. The maximum atomic E-state index is 13.1. The van der Waals surface area contributed by atoms with Crippen LogP contribution in [-0.4, -0.2) is 36.2 Å². The number of nitrogens with zero attached hydrogens (tertiary/aromatic N) is 1. The van der Waals surface area contributed by atoms with E-state index in [-0.39, 0.29) is 51.6 Å². The van der Waals surface area contributed by atoms with Gasteiger partial charge in [0.2, 0.25) is 11.8 Å². The maximum Gasteiger partial charge on any atom is 0.338 e. The van der Waals surface area contributed by atoms with E-state index in [1.54, 1.807) is 12.1 Å². The first-order chi connectivity index (χ1) is 17.3. The fourth-order valence-electron chi connectivity index (χ4n) is 5.37. The fraction of sp³-hybridized carbons (Fsp3) is 0.269. The lowest BCUT2D eigenvalue weighted by Gasteiger charge is -2.19. The summed E-state index contributed by atoms with van der Waals surface area (Å²) in [6.07, 6.45) is 2.96. The van der Waals surface area contributed by atoms with Crippen LogP contribution in [0.5, 0.6) is 0 Å². The molecular weight excluding hydrogens is 486 g/mol. The number of hydrazine groups is 1. The summed E-state index contributed by atoms with van der Waals surface area (Å²) in [6.45, 7) is 1.37. The van der Waals surface area contributed by atoms with Gasteiger partial charge in [-0.15, -0.1) is 0 Å². The number of ether oxygens (including phenoxy) is 1. The van der Waals surface area contributed by atoms with Crippen LogP contribution in [0.3, 0.4) is 0 Å². The van der Waals surface area contributed by atoms with Gasteiger partial charge < -0.3 is 4.74 Å². The molecular formula is C26H22ClN3O6. The number of amides is 4. The quantitative estimate of drug-likeness (QED) is 0.278. The summed E-state index contributed by atoms with van der Waals surface area (Å²) in [6, 6.07) is 12.2. The molecule has 0 aromatic heterocycles.